The lowest BCUT2D eigenvalue weighted by molar-refractivity contribution is 0.669. The number of benzene rings is 7. The minimum atomic E-state index is 0.919. The van der Waals surface area contributed by atoms with Crippen molar-refractivity contribution in [2.75, 3.05) is 0 Å². The van der Waals surface area contributed by atoms with Crippen LogP contribution in [0.4, 0.5) is 0 Å². The molecule has 7 aromatic carbocycles. The van der Waals surface area contributed by atoms with Crippen molar-refractivity contribution in [1.82, 2.24) is 4.57 Å². The fourth-order valence-electron chi connectivity index (χ4n) is 7.61. The molecule has 0 bridgehead atoms. The van der Waals surface area contributed by atoms with Crippen molar-refractivity contribution in [3.05, 3.63) is 140 Å². The van der Waals surface area contributed by atoms with Crippen molar-refractivity contribution < 1.29 is 8.83 Å². The highest BCUT2D eigenvalue weighted by atomic mass is 32.1. The van der Waals surface area contributed by atoms with Crippen molar-refractivity contribution >= 4 is 97.2 Å². The third-order valence-electron chi connectivity index (χ3n) is 9.60. The Morgan fingerprint density at radius 3 is 1.98 bits per heavy atom. The number of hydrogen-bond acceptors (Lipinski definition) is 3. The smallest absolute Gasteiger partial charge is 0.136 e. The summed E-state index contributed by atoms with van der Waals surface area (Å²) in [5, 5.41) is 9.65. The van der Waals surface area contributed by atoms with Crippen LogP contribution >= 0.6 is 11.3 Å². The molecule has 214 valence electrons. The number of aromatic nitrogens is 1. The minimum Gasteiger partial charge on any atom is -0.456 e. The molecule has 0 amide bonds. The predicted molar refractivity (Wildman–Crippen MR) is 194 cm³/mol. The summed E-state index contributed by atoms with van der Waals surface area (Å²) in [6.07, 6.45) is 0. The molecule has 0 spiro atoms. The summed E-state index contributed by atoms with van der Waals surface area (Å²) in [4.78, 5) is 0. The number of hydrogen-bond donors (Lipinski definition) is 0. The molecular weight excluding hydrogens is 583 g/mol. The van der Waals surface area contributed by atoms with Gasteiger partial charge in [0.25, 0.3) is 0 Å². The van der Waals surface area contributed by atoms with E-state index in [1.54, 1.807) is 0 Å². The van der Waals surface area contributed by atoms with Crippen LogP contribution in [0.15, 0.2) is 148 Å². The van der Waals surface area contributed by atoms with Gasteiger partial charge in [0, 0.05) is 52.5 Å². The number of furan rings is 2. The lowest BCUT2D eigenvalue weighted by atomic mass is 10.0. The van der Waals surface area contributed by atoms with Gasteiger partial charge in [-0.3, -0.25) is 0 Å². The Kier molecular flexibility index (Phi) is 4.72. The fraction of sp³-hybridized carbons (Fsp3) is 0. The SMILES string of the molecule is c1ccc2c(c1)oc1cc(-c3ccc4c(c3)sc3cccc(-n5c6ccccc6c6c7c(ccc65)oc5ccccc57)c34)ccc12. The summed E-state index contributed by atoms with van der Waals surface area (Å²) < 4.78 is 17.5. The Hall–Kier alpha value is -5.84. The van der Waals surface area contributed by atoms with Crippen LogP contribution < -0.4 is 0 Å². The van der Waals surface area contributed by atoms with E-state index in [-0.39, 0.29) is 0 Å². The highest BCUT2D eigenvalue weighted by Crippen LogP contribution is 2.45. The van der Waals surface area contributed by atoms with Crippen LogP contribution in [0.2, 0.25) is 0 Å². The highest BCUT2D eigenvalue weighted by Gasteiger charge is 2.21. The molecule has 0 radical (unpaired) electrons. The van der Waals surface area contributed by atoms with E-state index in [0.29, 0.717) is 0 Å². The average molecular weight is 606 g/mol. The molecule has 11 rings (SSSR count). The number of thiophene rings is 1. The maximum absolute atomic E-state index is 6.31. The zero-order chi connectivity index (χ0) is 29.9. The Morgan fingerprint density at radius 1 is 0.391 bits per heavy atom. The first-order valence-corrected chi connectivity index (χ1v) is 16.3. The third-order valence-corrected chi connectivity index (χ3v) is 10.7. The summed E-state index contributed by atoms with van der Waals surface area (Å²) in [5.41, 5.74) is 9.60. The van der Waals surface area contributed by atoms with E-state index < -0.39 is 0 Å². The molecule has 0 saturated carbocycles. The Bertz CT molecular complexity index is 3040. The topological polar surface area (TPSA) is 31.2 Å². The molecule has 0 aliphatic heterocycles. The normalized spacial score (nSPS) is 12.3. The molecule has 0 aliphatic rings. The molecule has 0 fully saturated rings. The fourth-order valence-corrected chi connectivity index (χ4v) is 8.78. The van der Waals surface area contributed by atoms with Crippen LogP contribution in [0, 0.1) is 0 Å². The molecule has 46 heavy (non-hydrogen) atoms. The standard InChI is InChI=1S/C42H23NO2S/c1-4-11-31-28(9-1)41-33(20-21-36-42(41)29-10-3-6-14-35(29)44-36)43(31)32-12-7-15-38-40(32)30-19-17-25(23-39(30)46-38)24-16-18-27-26-8-2-5-13-34(26)45-37(27)22-24/h1-23H. The van der Waals surface area contributed by atoms with Gasteiger partial charge in [0.2, 0.25) is 0 Å². The van der Waals surface area contributed by atoms with Crippen molar-refractivity contribution in [2.45, 2.75) is 0 Å². The minimum absolute atomic E-state index is 0.919. The maximum atomic E-state index is 6.31. The van der Waals surface area contributed by atoms with Crippen molar-refractivity contribution in [3.8, 4) is 16.8 Å². The van der Waals surface area contributed by atoms with Crippen molar-refractivity contribution in [3.63, 3.8) is 0 Å². The molecule has 4 heterocycles. The van der Waals surface area contributed by atoms with Gasteiger partial charge in [-0.2, -0.15) is 0 Å². The summed E-state index contributed by atoms with van der Waals surface area (Å²) in [5.74, 6) is 0. The molecule has 4 aromatic heterocycles. The second kappa shape index (κ2) is 8.87. The van der Waals surface area contributed by atoms with Gasteiger partial charge in [0.1, 0.15) is 22.3 Å². The maximum Gasteiger partial charge on any atom is 0.136 e. The number of fused-ring (bicyclic) bond motifs is 13. The van der Waals surface area contributed by atoms with E-state index in [1.165, 1.54) is 58.6 Å². The van der Waals surface area contributed by atoms with Gasteiger partial charge < -0.3 is 13.4 Å². The van der Waals surface area contributed by atoms with E-state index in [9.17, 15) is 0 Å². The van der Waals surface area contributed by atoms with Gasteiger partial charge >= 0.3 is 0 Å². The molecule has 0 aliphatic carbocycles. The Labute approximate surface area is 266 Å². The van der Waals surface area contributed by atoms with Crippen LogP contribution in [-0.4, -0.2) is 4.57 Å². The molecule has 0 saturated heterocycles. The van der Waals surface area contributed by atoms with Gasteiger partial charge in [-0.15, -0.1) is 11.3 Å². The summed E-state index contributed by atoms with van der Waals surface area (Å²) in [6.45, 7) is 0. The van der Waals surface area contributed by atoms with Gasteiger partial charge in [0.05, 0.1) is 16.7 Å². The number of rotatable bonds is 2. The van der Waals surface area contributed by atoms with E-state index in [2.05, 4.69) is 126 Å². The molecule has 11 aromatic rings. The molecule has 0 N–H and O–H groups in total. The second-order valence-electron chi connectivity index (χ2n) is 12.1. The first-order chi connectivity index (χ1) is 22.8. The van der Waals surface area contributed by atoms with Crippen LogP contribution in [-0.2, 0) is 0 Å². The van der Waals surface area contributed by atoms with Crippen LogP contribution in [0.25, 0.3) is 103 Å². The van der Waals surface area contributed by atoms with Crippen LogP contribution in [0.1, 0.15) is 0 Å². The van der Waals surface area contributed by atoms with E-state index >= 15 is 0 Å². The molecule has 0 unspecified atom stereocenters. The van der Waals surface area contributed by atoms with E-state index in [4.69, 9.17) is 8.83 Å². The zero-order valence-corrected chi connectivity index (χ0v) is 25.3. The van der Waals surface area contributed by atoms with E-state index in [0.717, 1.165) is 44.1 Å². The van der Waals surface area contributed by atoms with Gasteiger partial charge in [-0.25, -0.2) is 0 Å². The summed E-state index contributed by atoms with van der Waals surface area (Å²) >= 11 is 1.85. The second-order valence-corrected chi connectivity index (χ2v) is 13.1. The van der Waals surface area contributed by atoms with Crippen molar-refractivity contribution in [2.24, 2.45) is 0 Å². The lowest BCUT2D eigenvalue weighted by Gasteiger charge is -2.10. The zero-order valence-electron chi connectivity index (χ0n) is 24.5. The largest absolute Gasteiger partial charge is 0.456 e. The third kappa shape index (κ3) is 3.21. The molecular formula is C42H23NO2S. The van der Waals surface area contributed by atoms with Crippen molar-refractivity contribution in [1.29, 1.82) is 0 Å². The number of nitrogens with zero attached hydrogens (tertiary/aromatic N) is 1. The Morgan fingerprint density at radius 2 is 1.09 bits per heavy atom. The molecule has 4 heteroatoms. The predicted octanol–water partition coefficient (Wildman–Crippen LogP) is 12.6. The van der Waals surface area contributed by atoms with Crippen LogP contribution in [0.3, 0.4) is 0 Å². The summed E-state index contributed by atoms with van der Waals surface area (Å²) in [7, 11) is 0. The quantitative estimate of drug-likeness (QED) is 0.196. The average Bonchev–Trinajstić information content (AvgIpc) is 3.85. The van der Waals surface area contributed by atoms with Crippen LogP contribution in [0.5, 0.6) is 0 Å². The van der Waals surface area contributed by atoms with E-state index in [1.807, 2.05) is 29.5 Å². The molecule has 3 nitrogen and oxygen atoms in total. The lowest BCUT2D eigenvalue weighted by Crippen LogP contribution is -1.94. The highest BCUT2D eigenvalue weighted by molar-refractivity contribution is 7.26. The first kappa shape index (κ1) is 24.5. The summed E-state index contributed by atoms with van der Waals surface area (Å²) in [6, 6.07) is 49.9. The van der Waals surface area contributed by atoms with Gasteiger partial charge in [0.15, 0.2) is 0 Å². The number of para-hydroxylation sites is 3. The van der Waals surface area contributed by atoms with Gasteiger partial charge in [-0.05, 0) is 71.8 Å². The van der Waals surface area contributed by atoms with Gasteiger partial charge in [-0.1, -0.05) is 78.9 Å². The monoisotopic (exact) mass is 605 g/mol. The molecule has 0 atom stereocenters. The Balaban J connectivity index is 1.16. The first-order valence-electron chi connectivity index (χ1n) is 15.5.